The maximum Gasteiger partial charge on any atom is 0.165 e. The van der Waals surface area contributed by atoms with Crippen molar-refractivity contribution in [3.05, 3.63) is 29.6 Å². The first-order valence-electron chi connectivity index (χ1n) is 5.74. The third-order valence-corrected chi connectivity index (χ3v) is 2.42. The number of benzene rings is 1. The summed E-state index contributed by atoms with van der Waals surface area (Å²) in [6.07, 6.45) is 1.99. The van der Waals surface area contributed by atoms with Crippen molar-refractivity contribution < 1.29 is 9.13 Å². The summed E-state index contributed by atoms with van der Waals surface area (Å²) in [5.41, 5.74) is 1.01. The minimum atomic E-state index is -0.289. The molecule has 0 heterocycles. The van der Waals surface area contributed by atoms with Crippen molar-refractivity contribution in [3.8, 4) is 5.75 Å². The minimum absolute atomic E-state index is 0.0336. The fourth-order valence-corrected chi connectivity index (χ4v) is 1.63. The molecule has 0 aliphatic heterocycles. The van der Waals surface area contributed by atoms with E-state index in [0.29, 0.717) is 5.75 Å². The number of likely N-dealkylation sites (N-methyl/N-ethyl adjacent to an activating group) is 1. The molecule has 90 valence electrons. The second kappa shape index (κ2) is 6.48. The summed E-state index contributed by atoms with van der Waals surface area (Å²) in [4.78, 5) is 0. The fourth-order valence-electron chi connectivity index (χ4n) is 1.63. The Hall–Kier alpha value is -1.09. The van der Waals surface area contributed by atoms with Crippen molar-refractivity contribution in [2.24, 2.45) is 0 Å². The molecular weight excluding hydrogens is 205 g/mol. The molecule has 0 bridgehead atoms. The van der Waals surface area contributed by atoms with Crippen LogP contribution >= 0.6 is 0 Å². The number of hydrogen-bond acceptors (Lipinski definition) is 2. The van der Waals surface area contributed by atoms with Crippen molar-refractivity contribution >= 4 is 0 Å². The predicted octanol–water partition coefficient (Wildman–Crippen LogP) is 2.90. The summed E-state index contributed by atoms with van der Waals surface area (Å²) in [6.45, 7) is 4.76. The van der Waals surface area contributed by atoms with E-state index < -0.39 is 0 Å². The zero-order chi connectivity index (χ0) is 12.0. The molecule has 1 atom stereocenters. The lowest BCUT2D eigenvalue weighted by molar-refractivity contribution is 0.181. The van der Waals surface area contributed by atoms with Crippen LogP contribution in [0.4, 0.5) is 4.39 Å². The Morgan fingerprint density at radius 3 is 2.81 bits per heavy atom. The van der Waals surface area contributed by atoms with Crippen LogP contribution in [0.25, 0.3) is 0 Å². The highest BCUT2D eigenvalue weighted by Crippen LogP contribution is 2.20. The second-order valence-electron chi connectivity index (χ2n) is 4.02. The molecule has 0 aromatic heterocycles. The summed E-state index contributed by atoms with van der Waals surface area (Å²) < 4.78 is 19.1. The van der Waals surface area contributed by atoms with Crippen LogP contribution in [0.2, 0.25) is 0 Å². The Bertz CT molecular complexity index is 322. The number of rotatable bonds is 6. The SMILES string of the molecule is CCCC(CNC)Oc1cc(C)ccc1F. The Morgan fingerprint density at radius 1 is 1.44 bits per heavy atom. The van der Waals surface area contributed by atoms with Crippen LogP contribution in [0.1, 0.15) is 25.3 Å². The van der Waals surface area contributed by atoms with Gasteiger partial charge in [0.05, 0.1) is 0 Å². The summed E-state index contributed by atoms with van der Waals surface area (Å²) in [5, 5.41) is 3.06. The quantitative estimate of drug-likeness (QED) is 0.803. The summed E-state index contributed by atoms with van der Waals surface area (Å²) in [7, 11) is 1.87. The van der Waals surface area contributed by atoms with Crippen LogP contribution in [-0.2, 0) is 0 Å². The van der Waals surface area contributed by atoms with Gasteiger partial charge < -0.3 is 10.1 Å². The molecule has 0 aliphatic rings. The van der Waals surface area contributed by atoms with Gasteiger partial charge in [0.1, 0.15) is 6.10 Å². The third-order valence-electron chi connectivity index (χ3n) is 2.42. The molecule has 0 fully saturated rings. The first-order chi connectivity index (χ1) is 7.67. The molecule has 1 aromatic rings. The molecule has 2 nitrogen and oxygen atoms in total. The summed E-state index contributed by atoms with van der Waals surface area (Å²) in [6, 6.07) is 4.94. The molecule has 1 aromatic carbocycles. The molecule has 0 radical (unpaired) electrons. The zero-order valence-corrected chi connectivity index (χ0v) is 10.2. The monoisotopic (exact) mass is 225 g/mol. The lowest BCUT2D eigenvalue weighted by atomic mass is 10.2. The Balaban J connectivity index is 2.71. The van der Waals surface area contributed by atoms with E-state index in [2.05, 4.69) is 12.2 Å². The largest absolute Gasteiger partial charge is 0.486 e. The lowest BCUT2D eigenvalue weighted by Gasteiger charge is -2.18. The number of hydrogen-bond donors (Lipinski definition) is 1. The molecule has 16 heavy (non-hydrogen) atoms. The highest BCUT2D eigenvalue weighted by Gasteiger charge is 2.11. The van der Waals surface area contributed by atoms with E-state index in [1.54, 1.807) is 12.1 Å². The van der Waals surface area contributed by atoms with Gasteiger partial charge in [-0.25, -0.2) is 4.39 Å². The molecule has 0 saturated heterocycles. The molecule has 0 aliphatic carbocycles. The standard InChI is InChI=1S/C13H20FNO/c1-4-5-11(9-15-3)16-13-8-10(2)6-7-12(13)14/h6-8,11,15H,4-5,9H2,1-3H3. The van der Waals surface area contributed by atoms with E-state index in [-0.39, 0.29) is 11.9 Å². The van der Waals surface area contributed by atoms with Gasteiger partial charge in [-0.15, -0.1) is 0 Å². The van der Waals surface area contributed by atoms with E-state index in [9.17, 15) is 4.39 Å². The highest BCUT2D eigenvalue weighted by atomic mass is 19.1. The van der Waals surface area contributed by atoms with Gasteiger partial charge in [0, 0.05) is 6.54 Å². The molecule has 0 spiro atoms. The molecule has 1 rings (SSSR count). The topological polar surface area (TPSA) is 21.3 Å². The fraction of sp³-hybridized carbons (Fsp3) is 0.538. The van der Waals surface area contributed by atoms with E-state index in [1.165, 1.54) is 6.07 Å². The zero-order valence-electron chi connectivity index (χ0n) is 10.2. The molecule has 0 saturated carbocycles. The molecule has 1 unspecified atom stereocenters. The smallest absolute Gasteiger partial charge is 0.165 e. The van der Waals surface area contributed by atoms with Crippen LogP contribution in [-0.4, -0.2) is 19.7 Å². The third kappa shape index (κ3) is 3.81. The average molecular weight is 225 g/mol. The van der Waals surface area contributed by atoms with Gasteiger partial charge in [0.2, 0.25) is 0 Å². The van der Waals surface area contributed by atoms with E-state index in [1.807, 2.05) is 14.0 Å². The van der Waals surface area contributed by atoms with Crippen LogP contribution in [0, 0.1) is 12.7 Å². The number of nitrogens with one attached hydrogen (secondary N) is 1. The lowest BCUT2D eigenvalue weighted by Crippen LogP contribution is -2.29. The predicted molar refractivity (Wildman–Crippen MR) is 64.4 cm³/mol. The van der Waals surface area contributed by atoms with E-state index in [0.717, 1.165) is 24.9 Å². The van der Waals surface area contributed by atoms with Crippen molar-refractivity contribution in [2.75, 3.05) is 13.6 Å². The van der Waals surface area contributed by atoms with Crippen LogP contribution in [0.5, 0.6) is 5.75 Å². The Kier molecular flexibility index (Phi) is 5.26. The minimum Gasteiger partial charge on any atom is -0.486 e. The van der Waals surface area contributed by atoms with Gasteiger partial charge in [-0.1, -0.05) is 19.4 Å². The van der Waals surface area contributed by atoms with Gasteiger partial charge >= 0.3 is 0 Å². The van der Waals surface area contributed by atoms with Crippen LogP contribution in [0.15, 0.2) is 18.2 Å². The Labute approximate surface area is 96.8 Å². The van der Waals surface area contributed by atoms with Crippen LogP contribution in [0.3, 0.4) is 0 Å². The highest BCUT2D eigenvalue weighted by molar-refractivity contribution is 5.29. The van der Waals surface area contributed by atoms with Gasteiger partial charge in [-0.2, -0.15) is 0 Å². The normalized spacial score (nSPS) is 12.5. The average Bonchev–Trinajstić information content (AvgIpc) is 2.24. The molecule has 3 heteroatoms. The molecular formula is C13H20FNO. The van der Waals surface area contributed by atoms with E-state index >= 15 is 0 Å². The van der Waals surface area contributed by atoms with Gasteiger partial charge in [0.25, 0.3) is 0 Å². The first-order valence-corrected chi connectivity index (χ1v) is 5.74. The summed E-state index contributed by atoms with van der Waals surface area (Å²) >= 11 is 0. The first kappa shape index (κ1) is 13.0. The Morgan fingerprint density at radius 2 is 2.19 bits per heavy atom. The molecule has 1 N–H and O–H groups in total. The maximum atomic E-state index is 13.5. The van der Waals surface area contributed by atoms with Crippen molar-refractivity contribution in [2.45, 2.75) is 32.8 Å². The van der Waals surface area contributed by atoms with Gasteiger partial charge in [-0.05, 0) is 38.1 Å². The van der Waals surface area contributed by atoms with Crippen molar-refractivity contribution in [3.63, 3.8) is 0 Å². The van der Waals surface area contributed by atoms with E-state index in [4.69, 9.17) is 4.74 Å². The maximum absolute atomic E-state index is 13.5. The molecule has 0 amide bonds. The van der Waals surface area contributed by atoms with Crippen molar-refractivity contribution in [1.82, 2.24) is 5.32 Å². The second-order valence-corrected chi connectivity index (χ2v) is 4.02. The number of halogens is 1. The van der Waals surface area contributed by atoms with Crippen molar-refractivity contribution in [1.29, 1.82) is 0 Å². The number of aryl methyl sites for hydroxylation is 1. The summed E-state index contributed by atoms with van der Waals surface area (Å²) in [5.74, 6) is 0.0662. The van der Waals surface area contributed by atoms with Crippen LogP contribution < -0.4 is 10.1 Å². The van der Waals surface area contributed by atoms with Gasteiger partial charge in [-0.3, -0.25) is 0 Å². The van der Waals surface area contributed by atoms with Gasteiger partial charge in [0.15, 0.2) is 11.6 Å². The number of ether oxygens (including phenoxy) is 1.